The van der Waals surface area contributed by atoms with Crippen LogP contribution < -0.4 is 10.6 Å². The van der Waals surface area contributed by atoms with Gasteiger partial charge in [-0.15, -0.1) is 0 Å². The molecule has 1 saturated carbocycles. The lowest BCUT2D eigenvalue weighted by molar-refractivity contribution is -0.139. The lowest BCUT2D eigenvalue weighted by Gasteiger charge is -2.18. The minimum atomic E-state index is -0.980. The van der Waals surface area contributed by atoms with E-state index < -0.39 is 18.0 Å². The Bertz CT molecular complexity index is 459. The normalized spacial score (nSPS) is 17.3. The molecule has 6 nitrogen and oxygen atoms in total. The number of carboxylic acid groups (broad SMARTS) is 1. The van der Waals surface area contributed by atoms with Crippen molar-refractivity contribution in [2.24, 2.45) is 5.92 Å². The summed E-state index contributed by atoms with van der Waals surface area (Å²) in [5.41, 5.74) is 0.871. The number of rotatable bonds is 5. The number of aliphatic carboxylic acids is 1. The van der Waals surface area contributed by atoms with Crippen molar-refractivity contribution in [2.75, 3.05) is 0 Å². The lowest BCUT2D eigenvalue weighted by atomic mass is 10.1. The molecule has 3 N–H and O–H groups in total. The van der Waals surface area contributed by atoms with Crippen molar-refractivity contribution in [3.8, 4) is 0 Å². The fraction of sp³-hybridized carbons (Fsp3) is 0.462. The van der Waals surface area contributed by atoms with Crippen LogP contribution >= 0.6 is 0 Å². The van der Waals surface area contributed by atoms with Crippen LogP contribution in [-0.4, -0.2) is 28.1 Å². The van der Waals surface area contributed by atoms with Gasteiger partial charge in [0, 0.05) is 12.4 Å². The van der Waals surface area contributed by atoms with Gasteiger partial charge in [0.15, 0.2) is 0 Å². The molecule has 1 aromatic rings. The van der Waals surface area contributed by atoms with Gasteiger partial charge in [-0.25, -0.2) is 9.59 Å². The zero-order chi connectivity index (χ0) is 13.8. The number of hydrogen-bond acceptors (Lipinski definition) is 3. The average Bonchev–Trinajstić information content (AvgIpc) is 3.21. The molecule has 0 aromatic carbocycles. The first-order valence-corrected chi connectivity index (χ1v) is 6.27. The van der Waals surface area contributed by atoms with Gasteiger partial charge in [-0.1, -0.05) is 6.07 Å². The number of nitrogens with zero attached hydrogens (tertiary/aromatic N) is 1. The molecule has 102 valence electrons. The summed E-state index contributed by atoms with van der Waals surface area (Å²) >= 11 is 0. The summed E-state index contributed by atoms with van der Waals surface area (Å²) in [6.45, 7) is 1.82. The smallest absolute Gasteiger partial charge is 0.326 e. The molecule has 0 aliphatic heterocycles. The van der Waals surface area contributed by atoms with Crippen LogP contribution in [0.25, 0.3) is 0 Å². The van der Waals surface area contributed by atoms with Gasteiger partial charge < -0.3 is 15.7 Å². The number of amides is 2. The molecule has 19 heavy (non-hydrogen) atoms. The molecule has 2 rings (SSSR count). The molecule has 1 heterocycles. The molecule has 0 bridgehead atoms. The topological polar surface area (TPSA) is 91.3 Å². The second-order valence-electron chi connectivity index (χ2n) is 4.78. The van der Waals surface area contributed by atoms with E-state index >= 15 is 0 Å². The van der Waals surface area contributed by atoms with E-state index in [4.69, 9.17) is 5.11 Å². The molecule has 0 radical (unpaired) electrons. The molecule has 1 aliphatic rings. The van der Waals surface area contributed by atoms with Gasteiger partial charge in [0.05, 0.1) is 6.04 Å². The predicted octanol–water partition coefficient (Wildman–Crippen LogP) is 1.30. The van der Waals surface area contributed by atoms with E-state index in [2.05, 4.69) is 15.6 Å². The van der Waals surface area contributed by atoms with Crippen molar-refractivity contribution >= 4 is 12.0 Å². The van der Waals surface area contributed by atoms with E-state index in [-0.39, 0.29) is 12.0 Å². The summed E-state index contributed by atoms with van der Waals surface area (Å²) in [6.07, 6.45) is 5.04. The van der Waals surface area contributed by atoms with Crippen molar-refractivity contribution in [1.82, 2.24) is 15.6 Å². The zero-order valence-electron chi connectivity index (χ0n) is 10.7. The van der Waals surface area contributed by atoms with E-state index in [0.717, 1.165) is 18.4 Å². The third-order valence-corrected chi connectivity index (χ3v) is 3.18. The minimum absolute atomic E-state index is 0.0666. The number of carbonyl (C=O) groups excluding carboxylic acids is 1. The second-order valence-corrected chi connectivity index (χ2v) is 4.78. The molecule has 1 aliphatic carbocycles. The van der Waals surface area contributed by atoms with E-state index in [9.17, 15) is 9.59 Å². The van der Waals surface area contributed by atoms with Gasteiger partial charge >= 0.3 is 12.0 Å². The van der Waals surface area contributed by atoms with Crippen molar-refractivity contribution in [3.63, 3.8) is 0 Å². The van der Waals surface area contributed by atoms with Crippen LogP contribution in [0.2, 0.25) is 0 Å². The summed E-state index contributed by atoms with van der Waals surface area (Å²) in [7, 11) is 0. The van der Waals surface area contributed by atoms with Crippen LogP contribution in [0.1, 0.15) is 31.4 Å². The Morgan fingerprint density at radius 2 is 2.16 bits per heavy atom. The highest BCUT2D eigenvalue weighted by Crippen LogP contribution is 2.32. The van der Waals surface area contributed by atoms with Crippen LogP contribution in [0.3, 0.4) is 0 Å². The van der Waals surface area contributed by atoms with Crippen molar-refractivity contribution < 1.29 is 14.7 Å². The predicted molar refractivity (Wildman–Crippen MR) is 68.5 cm³/mol. The van der Waals surface area contributed by atoms with Crippen molar-refractivity contribution in [3.05, 3.63) is 30.1 Å². The Morgan fingerprint density at radius 1 is 1.42 bits per heavy atom. The van der Waals surface area contributed by atoms with Crippen LogP contribution in [0.5, 0.6) is 0 Å². The summed E-state index contributed by atoms with van der Waals surface area (Å²) < 4.78 is 0. The third-order valence-electron chi connectivity index (χ3n) is 3.18. The summed E-state index contributed by atoms with van der Waals surface area (Å²) in [4.78, 5) is 26.8. The highest BCUT2D eigenvalue weighted by molar-refractivity contribution is 5.83. The summed E-state index contributed by atoms with van der Waals surface area (Å²) in [6, 6.07) is 2.17. The summed E-state index contributed by atoms with van der Waals surface area (Å²) in [5, 5.41) is 14.3. The fourth-order valence-electron chi connectivity index (χ4n) is 1.91. The SMILES string of the molecule is CC(NC(=O)NC(C(=O)O)C1CC1)c1cccnc1. The Labute approximate surface area is 111 Å². The average molecular weight is 263 g/mol. The molecule has 2 unspecified atom stereocenters. The van der Waals surface area contributed by atoms with Crippen molar-refractivity contribution in [1.29, 1.82) is 0 Å². The monoisotopic (exact) mass is 263 g/mol. The molecule has 0 spiro atoms. The maximum atomic E-state index is 11.8. The third kappa shape index (κ3) is 3.67. The van der Waals surface area contributed by atoms with E-state index in [1.807, 2.05) is 13.0 Å². The number of nitrogens with one attached hydrogen (secondary N) is 2. The number of hydrogen-bond donors (Lipinski definition) is 3. The maximum absolute atomic E-state index is 11.8. The number of urea groups is 1. The van der Waals surface area contributed by atoms with Crippen molar-refractivity contribution in [2.45, 2.75) is 31.8 Å². The number of carboxylic acids is 1. The lowest BCUT2D eigenvalue weighted by Crippen LogP contribution is -2.47. The molecule has 0 saturated heterocycles. The highest BCUT2D eigenvalue weighted by atomic mass is 16.4. The standard InChI is InChI=1S/C13H17N3O3/c1-8(10-3-2-6-14-7-10)15-13(19)16-11(12(17)18)9-4-5-9/h2-3,6-9,11H,4-5H2,1H3,(H,17,18)(H2,15,16,19). The highest BCUT2D eigenvalue weighted by Gasteiger charge is 2.37. The Kier molecular flexibility index (Phi) is 3.99. The Hall–Kier alpha value is -2.11. The molecule has 2 amide bonds. The van der Waals surface area contributed by atoms with Crippen LogP contribution in [0, 0.1) is 5.92 Å². The van der Waals surface area contributed by atoms with Gasteiger partial charge in [-0.05, 0) is 37.3 Å². The van der Waals surface area contributed by atoms with Crippen LogP contribution in [0.4, 0.5) is 4.79 Å². The minimum Gasteiger partial charge on any atom is -0.480 e. The quantitative estimate of drug-likeness (QED) is 0.746. The first-order chi connectivity index (χ1) is 9.08. The molecule has 1 aromatic heterocycles. The van der Waals surface area contributed by atoms with E-state index in [1.54, 1.807) is 18.5 Å². The molecule has 6 heteroatoms. The zero-order valence-corrected chi connectivity index (χ0v) is 10.7. The Balaban J connectivity index is 1.88. The van der Waals surface area contributed by atoms with E-state index in [1.165, 1.54) is 0 Å². The molecule has 2 atom stereocenters. The summed E-state index contributed by atoms with van der Waals surface area (Å²) in [5.74, 6) is -0.913. The first kappa shape index (κ1) is 13.3. The second kappa shape index (κ2) is 5.69. The maximum Gasteiger partial charge on any atom is 0.326 e. The number of carbonyl (C=O) groups is 2. The molecular weight excluding hydrogens is 246 g/mol. The van der Waals surface area contributed by atoms with Gasteiger partial charge in [-0.2, -0.15) is 0 Å². The molecular formula is C13H17N3O3. The molecule has 1 fully saturated rings. The fourth-order valence-corrected chi connectivity index (χ4v) is 1.91. The van der Waals surface area contributed by atoms with Gasteiger partial charge in [-0.3, -0.25) is 4.98 Å². The van der Waals surface area contributed by atoms with Gasteiger partial charge in [0.1, 0.15) is 6.04 Å². The van der Waals surface area contributed by atoms with Crippen LogP contribution in [0.15, 0.2) is 24.5 Å². The largest absolute Gasteiger partial charge is 0.480 e. The number of pyridine rings is 1. The van der Waals surface area contributed by atoms with Gasteiger partial charge in [0.25, 0.3) is 0 Å². The van der Waals surface area contributed by atoms with E-state index in [0.29, 0.717) is 0 Å². The Morgan fingerprint density at radius 3 is 2.68 bits per heavy atom. The van der Waals surface area contributed by atoms with Gasteiger partial charge in [0.2, 0.25) is 0 Å². The first-order valence-electron chi connectivity index (χ1n) is 6.27. The van der Waals surface area contributed by atoms with Crippen LogP contribution in [-0.2, 0) is 4.79 Å². The number of aromatic nitrogens is 1.